The minimum Gasteiger partial charge on any atom is -0.367 e. The van der Waals surface area contributed by atoms with Crippen molar-refractivity contribution in [3.05, 3.63) is 11.9 Å². The number of anilines is 1. The second kappa shape index (κ2) is 4.87. The van der Waals surface area contributed by atoms with Crippen LogP contribution in [0.25, 0.3) is 0 Å². The largest absolute Gasteiger partial charge is 0.367 e. The van der Waals surface area contributed by atoms with E-state index in [0.29, 0.717) is 6.04 Å². The fraction of sp³-hybridized carbons (Fsp3) is 0.750. The van der Waals surface area contributed by atoms with Crippen molar-refractivity contribution in [3.8, 4) is 0 Å². The van der Waals surface area contributed by atoms with Crippen LogP contribution < -0.4 is 10.2 Å². The van der Waals surface area contributed by atoms with E-state index in [1.54, 1.807) is 0 Å². The Bertz CT molecular complexity index is 345. The molecule has 0 aromatic carbocycles. The number of hydrogen-bond donors (Lipinski definition) is 1. The van der Waals surface area contributed by atoms with E-state index in [1.807, 2.05) is 11.7 Å². The molecule has 1 aromatic heterocycles. The smallest absolute Gasteiger partial charge is 0.0827 e. The molecule has 2 heterocycles. The summed E-state index contributed by atoms with van der Waals surface area (Å²) in [5.74, 6) is 0. The lowest BCUT2D eigenvalue weighted by molar-refractivity contribution is 0.549. The lowest BCUT2D eigenvalue weighted by atomic mass is 10.2. The van der Waals surface area contributed by atoms with Gasteiger partial charge in [-0.2, -0.15) is 5.10 Å². The molecule has 1 atom stereocenters. The molecule has 90 valence electrons. The Morgan fingerprint density at radius 1 is 1.56 bits per heavy atom. The van der Waals surface area contributed by atoms with E-state index in [2.05, 4.69) is 35.4 Å². The maximum atomic E-state index is 4.40. The summed E-state index contributed by atoms with van der Waals surface area (Å²) in [7, 11) is 1.99. The summed E-state index contributed by atoms with van der Waals surface area (Å²) < 4.78 is 1.90. The molecule has 1 unspecified atom stereocenters. The molecule has 1 N–H and O–H groups in total. The van der Waals surface area contributed by atoms with Gasteiger partial charge in [0.1, 0.15) is 0 Å². The Labute approximate surface area is 97.6 Å². The average molecular weight is 222 g/mol. The average Bonchev–Trinajstić information content (AvgIpc) is 2.82. The zero-order chi connectivity index (χ0) is 11.5. The minimum absolute atomic E-state index is 0.652. The molecule has 1 fully saturated rings. The van der Waals surface area contributed by atoms with Gasteiger partial charge in [-0.3, -0.25) is 4.68 Å². The summed E-state index contributed by atoms with van der Waals surface area (Å²) >= 11 is 0. The van der Waals surface area contributed by atoms with E-state index in [0.717, 1.165) is 25.3 Å². The van der Waals surface area contributed by atoms with Crippen LogP contribution in [0.4, 0.5) is 5.69 Å². The van der Waals surface area contributed by atoms with Crippen LogP contribution in [0, 0.1) is 6.92 Å². The van der Waals surface area contributed by atoms with Crippen LogP contribution in [0.3, 0.4) is 0 Å². The molecule has 0 radical (unpaired) electrons. The fourth-order valence-corrected chi connectivity index (χ4v) is 2.39. The molecular weight excluding hydrogens is 200 g/mol. The summed E-state index contributed by atoms with van der Waals surface area (Å²) in [6.45, 7) is 7.69. The number of nitrogens with one attached hydrogen (secondary N) is 1. The van der Waals surface area contributed by atoms with E-state index in [4.69, 9.17) is 0 Å². The molecule has 1 saturated heterocycles. The van der Waals surface area contributed by atoms with Crippen LogP contribution in [0.5, 0.6) is 0 Å². The highest BCUT2D eigenvalue weighted by molar-refractivity contribution is 5.49. The first-order valence-electron chi connectivity index (χ1n) is 6.19. The second-order valence-corrected chi connectivity index (χ2v) is 4.66. The molecule has 1 aliphatic heterocycles. The molecule has 1 aliphatic rings. The van der Waals surface area contributed by atoms with Crippen molar-refractivity contribution in [2.45, 2.75) is 32.7 Å². The first kappa shape index (κ1) is 11.5. The van der Waals surface area contributed by atoms with Crippen molar-refractivity contribution in [1.82, 2.24) is 15.1 Å². The van der Waals surface area contributed by atoms with Gasteiger partial charge < -0.3 is 10.2 Å². The van der Waals surface area contributed by atoms with Gasteiger partial charge in [-0.05, 0) is 26.3 Å². The third-order valence-electron chi connectivity index (χ3n) is 3.20. The maximum absolute atomic E-state index is 4.40. The van der Waals surface area contributed by atoms with E-state index < -0.39 is 0 Å². The Morgan fingerprint density at radius 2 is 2.38 bits per heavy atom. The molecule has 1 aromatic rings. The molecule has 0 saturated carbocycles. The summed E-state index contributed by atoms with van der Waals surface area (Å²) in [5, 5.41) is 7.99. The molecule has 16 heavy (non-hydrogen) atoms. The van der Waals surface area contributed by atoms with Gasteiger partial charge in [-0.25, -0.2) is 0 Å². The lowest BCUT2D eigenvalue weighted by Crippen LogP contribution is -2.33. The zero-order valence-corrected chi connectivity index (χ0v) is 10.5. The second-order valence-electron chi connectivity index (χ2n) is 4.66. The summed E-state index contributed by atoms with van der Waals surface area (Å²) in [6.07, 6.45) is 4.58. The van der Waals surface area contributed by atoms with Crippen LogP contribution in [-0.4, -0.2) is 35.5 Å². The van der Waals surface area contributed by atoms with E-state index >= 15 is 0 Å². The topological polar surface area (TPSA) is 33.1 Å². The molecular formula is C12H22N4. The lowest BCUT2D eigenvalue weighted by Gasteiger charge is -2.17. The van der Waals surface area contributed by atoms with Crippen molar-refractivity contribution in [2.75, 3.05) is 24.5 Å². The van der Waals surface area contributed by atoms with Crippen molar-refractivity contribution < 1.29 is 0 Å². The van der Waals surface area contributed by atoms with Gasteiger partial charge >= 0.3 is 0 Å². The number of aryl methyl sites for hydroxylation is 2. The Kier molecular flexibility index (Phi) is 3.49. The molecule has 4 nitrogen and oxygen atoms in total. The summed E-state index contributed by atoms with van der Waals surface area (Å²) in [5.41, 5.74) is 2.43. The molecule has 0 bridgehead atoms. The van der Waals surface area contributed by atoms with Crippen LogP contribution >= 0.6 is 0 Å². The Balaban J connectivity index is 1.95. The quantitative estimate of drug-likeness (QED) is 0.834. The summed E-state index contributed by atoms with van der Waals surface area (Å²) in [4.78, 5) is 2.44. The highest BCUT2D eigenvalue weighted by Gasteiger charge is 2.23. The van der Waals surface area contributed by atoms with Crippen LogP contribution in [-0.2, 0) is 7.05 Å². The molecule has 0 aliphatic carbocycles. The minimum atomic E-state index is 0.652. The number of nitrogens with zero attached hydrogens (tertiary/aromatic N) is 3. The highest BCUT2D eigenvalue weighted by atomic mass is 15.3. The van der Waals surface area contributed by atoms with Gasteiger partial charge in [0.25, 0.3) is 0 Å². The van der Waals surface area contributed by atoms with Crippen molar-refractivity contribution in [3.63, 3.8) is 0 Å². The predicted molar refractivity (Wildman–Crippen MR) is 66.9 cm³/mol. The van der Waals surface area contributed by atoms with Crippen molar-refractivity contribution in [2.24, 2.45) is 7.05 Å². The SMILES string of the molecule is CCCNC1CCN(c2cn(C)nc2C)C1. The van der Waals surface area contributed by atoms with Gasteiger partial charge in [0.2, 0.25) is 0 Å². The van der Waals surface area contributed by atoms with Crippen LogP contribution in [0.15, 0.2) is 6.20 Å². The molecule has 0 spiro atoms. The first-order chi connectivity index (χ1) is 7.70. The maximum Gasteiger partial charge on any atom is 0.0827 e. The van der Waals surface area contributed by atoms with E-state index in [1.165, 1.54) is 18.5 Å². The van der Waals surface area contributed by atoms with Gasteiger partial charge in [-0.15, -0.1) is 0 Å². The standard InChI is InChI=1S/C12H22N4/c1-4-6-13-11-5-7-16(8-11)12-9-15(3)14-10(12)2/h9,11,13H,4-8H2,1-3H3. The van der Waals surface area contributed by atoms with Gasteiger partial charge in [-0.1, -0.05) is 6.92 Å². The molecule has 2 rings (SSSR count). The highest BCUT2D eigenvalue weighted by Crippen LogP contribution is 2.22. The van der Waals surface area contributed by atoms with E-state index in [9.17, 15) is 0 Å². The normalized spacial score (nSPS) is 20.7. The number of aromatic nitrogens is 2. The van der Waals surface area contributed by atoms with Crippen molar-refractivity contribution >= 4 is 5.69 Å². The third kappa shape index (κ3) is 2.38. The molecule has 4 heteroatoms. The Hall–Kier alpha value is -1.03. The monoisotopic (exact) mass is 222 g/mol. The third-order valence-corrected chi connectivity index (χ3v) is 3.20. The van der Waals surface area contributed by atoms with Gasteiger partial charge in [0.05, 0.1) is 11.4 Å². The summed E-state index contributed by atoms with van der Waals surface area (Å²) in [6, 6.07) is 0.652. The van der Waals surface area contributed by atoms with Crippen molar-refractivity contribution in [1.29, 1.82) is 0 Å². The zero-order valence-electron chi connectivity index (χ0n) is 10.5. The van der Waals surface area contributed by atoms with E-state index in [-0.39, 0.29) is 0 Å². The Morgan fingerprint density at radius 3 is 3.00 bits per heavy atom. The van der Waals surface area contributed by atoms with Gasteiger partial charge in [0.15, 0.2) is 0 Å². The number of hydrogen-bond acceptors (Lipinski definition) is 3. The predicted octanol–water partition coefficient (Wildman–Crippen LogP) is 1.31. The number of rotatable bonds is 4. The van der Waals surface area contributed by atoms with Crippen LogP contribution in [0.1, 0.15) is 25.5 Å². The van der Waals surface area contributed by atoms with Gasteiger partial charge in [0, 0.05) is 32.4 Å². The fourth-order valence-electron chi connectivity index (χ4n) is 2.39. The van der Waals surface area contributed by atoms with Crippen LogP contribution in [0.2, 0.25) is 0 Å². The molecule has 0 amide bonds. The first-order valence-corrected chi connectivity index (χ1v) is 6.19.